The minimum atomic E-state index is -0.261. The second-order valence-corrected chi connectivity index (χ2v) is 7.04. The number of carbonyl (C=O) groups excluding carboxylic acids is 2. The molecule has 29 heavy (non-hydrogen) atoms. The van der Waals surface area contributed by atoms with E-state index in [0.717, 1.165) is 31.7 Å². The SMILES string of the molecule is COc1cccc(CC(=O)NNC(=O)CCN2CCN(c3ccccc3)CC2)c1. The number of hydrogen-bond acceptors (Lipinski definition) is 5. The molecule has 3 rings (SSSR count). The van der Waals surface area contributed by atoms with Crippen LogP contribution in [0.15, 0.2) is 54.6 Å². The Morgan fingerprint density at radius 1 is 0.931 bits per heavy atom. The number of methoxy groups -OCH3 is 1. The predicted molar refractivity (Wildman–Crippen MR) is 113 cm³/mol. The molecular weight excluding hydrogens is 368 g/mol. The third-order valence-corrected chi connectivity index (χ3v) is 4.99. The van der Waals surface area contributed by atoms with Gasteiger partial charge < -0.3 is 9.64 Å². The first-order valence-corrected chi connectivity index (χ1v) is 9.87. The second-order valence-electron chi connectivity index (χ2n) is 7.04. The molecule has 154 valence electrons. The highest BCUT2D eigenvalue weighted by molar-refractivity contribution is 5.83. The summed E-state index contributed by atoms with van der Waals surface area (Å²) in [6.45, 7) is 4.42. The molecule has 7 heteroatoms. The van der Waals surface area contributed by atoms with Gasteiger partial charge in [0, 0.05) is 44.8 Å². The number of nitrogens with zero attached hydrogens (tertiary/aromatic N) is 2. The van der Waals surface area contributed by atoms with Gasteiger partial charge in [0.2, 0.25) is 11.8 Å². The number of amides is 2. The van der Waals surface area contributed by atoms with Crippen molar-refractivity contribution >= 4 is 17.5 Å². The highest BCUT2D eigenvalue weighted by atomic mass is 16.5. The van der Waals surface area contributed by atoms with Gasteiger partial charge in [0.25, 0.3) is 0 Å². The van der Waals surface area contributed by atoms with E-state index in [2.05, 4.69) is 44.9 Å². The van der Waals surface area contributed by atoms with Crippen LogP contribution < -0.4 is 20.5 Å². The molecule has 2 aromatic rings. The molecule has 1 aliphatic rings. The Balaban J connectivity index is 1.32. The monoisotopic (exact) mass is 396 g/mol. The molecule has 2 aromatic carbocycles. The van der Waals surface area contributed by atoms with Gasteiger partial charge in [-0.1, -0.05) is 30.3 Å². The van der Waals surface area contributed by atoms with Crippen LogP contribution in [0.25, 0.3) is 0 Å². The van der Waals surface area contributed by atoms with Gasteiger partial charge in [0.15, 0.2) is 0 Å². The van der Waals surface area contributed by atoms with Crippen molar-refractivity contribution in [2.45, 2.75) is 12.8 Å². The van der Waals surface area contributed by atoms with Crippen molar-refractivity contribution in [3.8, 4) is 5.75 Å². The molecule has 1 fully saturated rings. The lowest BCUT2D eigenvalue weighted by Crippen LogP contribution is -2.48. The van der Waals surface area contributed by atoms with Crippen molar-refractivity contribution in [3.63, 3.8) is 0 Å². The Hall–Kier alpha value is -3.06. The summed E-state index contributed by atoms with van der Waals surface area (Å²) in [4.78, 5) is 28.7. The largest absolute Gasteiger partial charge is 0.497 e. The fraction of sp³-hybridized carbons (Fsp3) is 0.364. The number of hydrogen-bond donors (Lipinski definition) is 2. The highest BCUT2D eigenvalue weighted by Crippen LogP contribution is 2.15. The van der Waals surface area contributed by atoms with Crippen LogP contribution in [0.5, 0.6) is 5.75 Å². The number of para-hydroxylation sites is 1. The van der Waals surface area contributed by atoms with Gasteiger partial charge in [0.05, 0.1) is 13.5 Å². The van der Waals surface area contributed by atoms with E-state index >= 15 is 0 Å². The summed E-state index contributed by atoms with van der Waals surface area (Å²) in [5.41, 5.74) is 7.04. The zero-order chi connectivity index (χ0) is 20.5. The standard InChI is InChI=1S/C22H28N4O3/c1-29-20-9-5-6-18(16-20)17-22(28)24-23-21(27)10-11-25-12-14-26(15-13-25)19-7-3-2-4-8-19/h2-9,16H,10-15,17H2,1H3,(H,23,27)(H,24,28). The van der Waals surface area contributed by atoms with Gasteiger partial charge in [-0.3, -0.25) is 25.3 Å². The van der Waals surface area contributed by atoms with Crippen LogP contribution in [0.1, 0.15) is 12.0 Å². The topological polar surface area (TPSA) is 73.9 Å². The molecule has 0 spiro atoms. The van der Waals surface area contributed by atoms with Crippen LogP contribution in [0.3, 0.4) is 0 Å². The quantitative estimate of drug-likeness (QED) is 0.696. The number of ether oxygens (including phenoxy) is 1. The van der Waals surface area contributed by atoms with E-state index < -0.39 is 0 Å². The summed E-state index contributed by atoms with van der Waals surface area (Å²) < 4.78 is 5.15. The predicted octanol–water partition coefficient (Wildman–Crippen LogP) is 1.60. The Morgan fingerprint density at radius 2 is 1.66 bits per heavy atom. The summed E-state index contributed by atoms with van der Waals surface area (Å²) in [6, 6.07) is 17.7. The first kappa shape index (κ1) is 20.7. The molecule has 7 nitrogen and oxygen atoms in total. The number of anilines is 1. The van der Waals surface area contributed by atoms with Gasteiger partial charge in [0.1, 0.15) is 5.75 Å². The molecule has 1 saturated heterocycles. The van der Waals surface area contributed by atoms with Crippen LogP contribution in [-0.4, -0.2) is 56.5 Å². The van der Waals surface area contributed by atoms with Crippen molar-refractivity contribution in [1.82, 2.24) is 15.8 Å². The summed E-state index contributed by atoms with van der Waals surface area (Å²) in [7, 11) is 1.58. The summed E-state index contributed by atoms with van der Waals surface area (Å²) in [6.07, 6.45) is 0.531. The van der Waals surface area contributed by atoms with Crippen molar-refractivity contribution < 1.29 is 14.3 Å². The second kappa shape index (κ2) is 10.5. The number of rotatable bonds is 7. The molecule has 1 heterocycles. The van der Waals surface area contributed by atoms with Crippen LogP contribution >= 0.6 is 0 Å². The zero-order valence-corrected chi connectivity index (χ0v) is 16.8. The lowest BCUT2D eigenvalue weighted by Gasteiger charge is -2.36. The number of benzene rings is 2. The van der Waals surface area contributed by atoms with E-state index in [4.69, 9.17) is 4.74 Å². The highest BCUT2D eigenvalue weighted by Gasteiger charge is 2.17. The van der Waals surface area contributed by atoms with E-state index in [1.807, 2.05) is 24.3 Å². The molecule has 0 atom stereocenters. The van der Waals surface area contributed by atoms with Gasteiger partial charge in [-0.15, -0.1) is 0 Å². The van der Waals surface area contributed by atoms with Crippen LogP contribution in [0, 0.1) is 0 Å². The maximum atomic E-state index is 12.0. The minimum Gasteiger partial charge on any atom is -0.497 e. The smallest absolute Gasteiger partial charge is 0.242 e. The fourth-order valence-corrected chi connectivity index (χ4v) is 3.34. The lowest BCUT2D eigenvalue weighted by atomic mass is 10.1. The molecule has 0 bridgehead atoms. The van der Waals surface area contributed by atoms with E-state index in [-0.39, 0.29) is 18.2 Å². The van der Waals surface area contributed by atoms with E-state index in [1.165, 1.54) is 5.69 Å². The average molecular weight is 396 g/mol. The Bertz CT molecular complexity index is 805. The summed E-state index contributed by atoms with van der Waals surface area (Å²) >= 11 is 0. The van der Waals surface area contributed by atoms with E-state index in [9.17, 15) is 9.59 Å². The zero-order valence-electron chi connectivity index (χ0n) is 16.8. The van der Waals surface area contributed by atoms with Crippen LogP contribution in [0.4, 0.5) is 5.69 Å². The van der Waals surface area contributed by atoms with Gasteiger partial charge in [-0.25, -0.2) is 0 Å². The number of nitrogens with one attached hydrogen (secondary N) is 2. The number of piperazine rings is 1. The van der Waals surface area contributed by atoms with E-state index in [0.29, 0.717) is 18.7 Å². The normalized spacial score (nSPS) is 14.3. The Kier molecular flexibility index (Phi) is 7.47. The molecule has 0 aliphatic carbocycles. The molecule has 2 amide bonds. The maximum absolute atomic E-state index is 12.0. The fourth-order valence-electron chi connectivity index (χ4n) is 3.34. The third-order valence-electron chi connectivity index (χ3n) is 4.99. The summed E-state index contributed by atoms with van der Waals surface area (Å²) in [5, 5.41) is 0. The van der Waals surface area contributed by atoms with E-state index in [1.54, 1.807) is 13.2 Å². The summed E-state index contributed by atoms with van der Waals surface area (Å²) in [5.74, 6) is 0.254. The average Bonchev–Trinajstić information content (AvgIpc) is 2.77. The van der Waals surface area contributed by atoms with Gasteiger partial charge in [-0.2, -0.15) is 0 Å². The Labute approximate surface area is 171 Å². The number of carbonyl (C=O) groups is 2. The number of hydrazine groups is 1. The maximum Gasteiger partial charge on any atom is 0.242 e. The van der Waals surface area contributed by atoms with Crippen molar-refractivity contribution in [2.24, 2.45) is 0 Å². The third kappa shape index (κ3) is 6.50. The Morgan fingerprint density at radius 3 is 2.38 bits per heavy atom. The van der Waals surface area contributed by atoms with Gasteiger partial charge >= 0.3 is 0 Å². The molecule has 0 unspecified atom stereocenters. The minimum absolute atomic E-state index is 0.179. The molecule has 0 saturated carbocycles. The van der Waals surface area contributed by atoms with Crippen molar-refractivity contribution in [3.05, 3.63) is 60.2 Å². The van der Waals surface area contributed by atoms with Crippen molar-refractivity contribution in [1.29, 1.82) is 0 Å². The first-order chi connectivity index (χ1) is 14.1. The van der Waals surface area contributed by atoms with Crippen LogP contribution in [-0.2, 0) is 16.0 Å². The molecule has 2 N–H and O–H groups in total. The first-order valence-electron chi connectivity index (χ1n) is 9.87. The van der Waals surface area contributed by atoms with Crippen molar-refractivity contribution in [2.75, 3.05) is 44.7 Å². The molecule has 1 aliphatic heterocycles. The molecular formula is C22H28N4O3. The van der Waals surface area contributed by atoms with Gasteiger partial charge in [-0.05, 0) is 29.8 Å². The lowest BCUT2D eigenvalue weighted by molar-refractivity contribution is -0.128. The van der Waals surface area contributed by atoms with Crippen LogP contribution in [0.2, 0.25) is 0 Å². The molecule has 0 aromatic heterocycles. The molecule has 0 radical (unpaired) electrons.